The van der Waals surface area contributed by atoms with E-state index in [1.54, 1.807) is 7.05 Å². The van der Waals surface area contributed by atoms with Crippen LogP contribution in [-0.2, 0) is 15.7 Å². The van der Waals surface area contributed by atoms with Gasteiger partial charge in [0.25, 0.3) is 0 Å². The van der Waals surface area contributed by atoms with Gasteiger partial charge in [0.2, 0.25) is 11.9 Å². The molecule has 2 N–H and O–H groups in total. The van der Waals surface area contributed by atoms with Crippen LogP contribution in [0.4, 0.5) is 19.1 Å². The molecule has 31 heavy (non-hydrogen) atoms. The van der Waals surface area contributed by atoms with E-state index in [0.29, 0.717) is 58.4 Å². The fourth-order valence-electron chi connectivity index (χ4n) is 3.66. The second-order valence-corrected chi connectivity index (χ2v) is 7.36. The number of hydrogen-bond acceptors (Lipinski definition) is 6. The molecule has 172 valence electrons. The third-order valence-corrected chi connectivity index (χ3v) is 5.32. The number of rotatable bonds is 5. The highest BCUT2D eigenvalue weighted by Gasteiger charge is 2.33. The molecular formula is C19H28F3N7O2. The van der Waals surface area contributed by atoms with E-state index in [2.05, 4.69) is 30.5 Å². The third-order valence-electron chi connectivity index (χ3n) is 5.32. The van der Waals surface area contributed by atoms with Gasteiger partial charge in [0.15, 0.2) is 5.96 Å². The van der Waals surface area contributed by atoms with Gasteiger partial charge in [0, 0.05) is 58.4 Å². The molecule has 3 heterocycles. The minimum atomic E-state index is -4.51. The predicted octanol–water partition coefficient (Wildman–Crippen LogP) is 1.05. The van der Waals surface area contributed by atoms with Crippen LogP contribution in [0.25, 0.3) is 0 Å². The van der Waals surface area contributed by atoms with E-state index in [1.807, 2.05) is 4.90 Å². The standard InChI is InChI=1S/C19H28F3N7O2/c1-23-18(26-7-6-25-17-24-5-2-15(27-17)19(20,21)22)29-8-3-14(4-9-29)16(30)28-10-12-31-13-11-28/h2,5,14H,3-4,6-13H2,1H3,(H,23,26)(H,24,25,27). The molecule has 2 saturated heterocycles. The Morgan fingerprint density at radius 1 is 1.19 bits per heavy atom. The van der Waals surface area contributed by atoms with Crippen LogP contribution in [0, 0.1) is 5.92 Å². The van der Waals surface area contributed by atoms with Crippen LogP contribution < -0.4 is 10.6 Å². The molecule has 12 heteroatoms. The lowest BCUT2D eigenvalue weighted by Crippen LogP contribution is -2.50. The molecule has 3 rings (SSSR count). The number of anilines is 1. The molecule has 0 saturated carbocycles. The second-order valence-electron chi connectivity index (χ2n) is 7.36. The molecule has 0 aromatic carbocycles. The summed E-state index contributed by atoms with van der Waals surface area (Å²) in [6, 6.07) is 0.832. The van der Waals surface area contributed by atoms with Crippen molar-refractivity contribution >= 4 is 17.8 Å². The first-order valence-electron chi connectivity index (χ1n) is 10.3. The summed E-state index contributed by atoms with van der Waals surface area (Å²) in [7, 11) is 1.68. The van der Waals surface area contributed by atoms with Crippen LogP contribution in [0.15, 0.2) is 17.3 Å². The number of nitrogens with one attached hydrogen (secondary N) is 2. The molecule has 1 amide bonds. The number of halogens is 3. The quantitative estimate of drug-likeness (QED) is 0.399. The lowest BCUT2D eigenvalue weighted by molar-refractivity contribution is -0.141. The van der Waals surface area contributed by atoms with Crippen molar-refractivity contribution in [3.63, 3.8) is 0 Å². The monoisotopic (exact) mass is 443 g/mol. The number of alkyl halides is 3. The zero-order chi connectivity index (χ0) is 22.3. The molecule has 0 atom stereocenters. The van der Waals surface area contributed by atoms with Gasteiger partial charge in [-0.15, -0.1) is 0 Å². The van der Waals surface area contributed by atoms with Crippen molar-refractivity contribution in [2.24, 2.45) is 10.9 Å². The molecule has 0 unspecified atom stereocenters. The molecule has 2 fully saturated rings. The Morgan fingerprint density at radius 3 is 2.55 bits per heavy atom. The number of likely N-dealkylation sites (tertiary alicyclic amines) is 1. The average Bonchev–Trinajstić information content (AvgIpc) is 2.79. The highest BCUT2D eigenvalue weighted by molar-refractivity contribution is 5.81. The molecule has 2 aliphatic rings. The molecule has 9 nitrogen and oxygen atoms in total. The molecule has 0 spiro atoms. The zero-order valence-electron chi connectivity index (χ0n) is 17.5. The van der Waals surface area contributed by atoms with Gasteiger partial charge in [0.1, 0.15) is 5.69 Å². The summed E-state index contributed by atoms with van der Waals surface area (Å²) < 4.78 is 43.5. The van der Waals surface area contributed by atoms with E-state index in [-0.39, 0.29) is 17.8 Å². The second kappa shape index (κ2) is 10.6. The first-order chi connectivity index (χ1) is 14.9. The number of aromatic nitrogens is 2. The molecular weight excluding hydrogens is 415 g/mol. The predicted molar refractivity (Wildman–Crippen MR) is 109 cm³/mol. The Morgan fingerprint density at radius 2 is 1.90 bits per heavy atom. The van der Waals surface area contributed by atoms with Crippen LogP contribution in [-0.4, -0.2) is 91.2 Å². The molecule has 0 radical (unpaired) electrons. The van der Waals surface area contributed by atoms with Crippen molar-refractivity contribution in [1.82, 2.24) is 25.1 Å². The minimum Gasteiger partial charge on any atom is -0.378 e. The highest BCUT2D eigenvalue weighted by atomic mass is 19.4. The van der Waals surface area contributed by atoms with Crippen molar-refractivity contribution in [1.29, 1.82) is 0 Å². The Hall–Kier alpha value is -2.63. The number of morpholine rings is 1. The first kappa shape index (κ1) is 23.0. The molecule has 1 aromatic heterocycles. The van der Waals surface area contributed by atoms with Gasteiger partial charge >= 0.3 is 6.18 Å². The van der Waals surface area contributed by atoms with Gasteiger partial charge < -0.3 is 25.2 Å². The Bertz CT molecular complexity index is 761. The normalized spacial score (nSPS) is 18.8. The highest BCUT2D eigenvalue weighted by Crippen LogP contribution is 2.27. The third kappa shape index (κ3) is 6.42. The maximum atomic E-state index is 12.7. The number of nitrogens with zero attached hydrogens (tertiary/aromatic N) is 5. The Balaban J connectivity index is 1.40. The summed E-state index contributed by atoms with van der Waals surface area (Å²) in [4.78, 5) is 28.2. The van der Waals surface area contributed by atoms with Gasteiger partial charge in [-0.2, -0.15) is 13.2 Å². The van der Waals surface area contributed by atoms with Crippen molar-refractivity contribution in [3.8, 4) is 0 Å². The number of guanidine groups is 1. The van der Waals surface area contributed by atoms with Gasteiger partial charge in [-0.05, 0) is 18.9 Å². The van der Waals surface area contributed by atoms with Crippen LogP contribution in [0.3, 0.4) is 0 Å². The van der Waals surface area contributed by atoms with E-state index >= 15 is 0 Å². The number of aliphatic imine (C=N–C) groups is 1. The van der Waals surface area contributed by atoms with Crippen molar-refractivity contribution in [2.75, 3.05) is 64.8 Å². The summed E-state index contributed by atoms with van der Waals surface area (Å²) in [5.74, 6) is 0.849. The van der Waals surface area contributed by atoms with E-state index in [4.69, 9.17) is 4.74 Å². The lowest BCUT2D eigenvalue weighted by atomic mass is 9.95. The van der Waals surface area contributed by atoms with Crippen LogP contribution in [0.5, 0.6) is 0 Å². The van der Waals surface area contributed by atoms with E-state index in [9.17, 15) is 18.0 Å². The maximum absolute atomic E-state index is 12.7. The van der Waals surface area contributed by atoms with E-state index in [0.717, 1.165) is 25.1 Å². The number of ether oxygens (including phenoxy) is 1. The van der Waals surface area contributed by atoms with Gasteiger partial charge in [0.05, 0.1) is 13.2 Å². The van der Waals surface area contributed by atoms with Crippen LogP contribution in [0.2, 0.25) is 0 Å². The minimum absolute atomic E-state index is 0.0205. The zero-order valence-corrected chi connectivity index (χ0v) is 17.5. The number of carbonyl (C=O) groups excluding carboxylic acids is 1. The topological polar surface area (TPSA) is 95.0 Å². The summed E-state index contributed by atoms with van der Waals surface area (Å²) >= 11 is 0. The van der Waals surface area contributed by atoms with E-state index < -0.39 is 11.9 Å². The largest absolute Gasteiger partial charge is 0.433 e. The van der Waals surface area contributed by atoms with Crippen molar-refractivity contribution < 1.29 is 22.7 Å². The average molecular weight is 443 g/mol. The smallest absolute Gasteiger partial charge is 0.378 e. The first-order valence-corrected chi connectivity index (χ1v) is 10.3. The summed E-state index contributed by atoms with van der Waals surface area (Å²) in [5, 5.41) is 5.96. The number of amides is 1. The lowest BCUT2D eigenvalue weighted by Gasteiger charge is -2.36. The Labute approximate surface area is 179 Å². The van der Waals surface area contributed by atoms with E-state index in [1.165, 1.54) is 0 Å². The number of carbonyl (C=O) groups is 1. The van der Waals surface area contributed by atoms with Gasteiger partial charge in [-0.3, -0.25) is 9.79 Å². The number of hydrogen-bond donors (Lipinski definition) is 2. The Kier molecular flexibility index (Phi) is 7.88. The van der Waals surface area contributed by atoms with Gasteiger partial charge in [-0.1, -0.05) is 0 Å². The molecule has 0 bridgehead atoms. The fraction of sp³-hybridized carbons (Fsp3) is 0.684. The molecule has 1 aromatic rings. The summed E-state index contributed by atoms with van der Waals surface area (Å²) in [5.41, 5.74) is -0.983. The number of piperidine rings is 1. The molecule has 2 aliphatic heterocycles. The van der Waals surface area contributed by atoms with Crippen molar-refractivity contribution in [2.45, 2.75) is 19.0 Å². The van der Waals surface area contributed by atoms with Gasteiger partial charge in [-0.25, -0.2) is 9.97 Å². The maximum Gasteiger partial charge on any atom is 0.433 e. The van der Waals surface area contributed by atoms with Crippen molar-refractivity contribution in [3.05, 3.63) is 18.0 Å². The summed E-state index contributed by atoms with van der Waals surface area (Å²) in [6.07, 6.45) is -1.91. The van der Waals surface area contributed by atoms with Crippen LogP contribution >= 0.6 is 0 Å². The summed E-state index contributed by atoms with van der Waals surface area (Å²) in [6.45, 7) is 4.69. The fourth-order valence-corrected chi connectivity index (χ4v) is 3.66. The van der Waals surface area contributed by atoms with Crippen LogP contribution in [0.1, 0.15) is 18.5 Å². The SMILES string of the molecule is CN=C(NCCNc1nccc(C(F)(F)F)n1)N1CCC(C(=O)N2CCOCC2)CC1. The molecule has 0 aliphatic carbocycles.